The van der Waals surface area contributed by atoms with Crippen molar-refractivity contribution < 1.29 is 0 Å². The van der Waals surface area contributed by atoms with Crippen LogP contribution in [0, 0.1) is 6.92 Å². The minimum atomic E-state index is 0.905. The van der Waals surface area contributed by atoms with Crippen LogP contribution >= 0.6 is 0 Å². The van der Waals surface area contributed by atoms with Gasteiger partial charge in [-0.25, -0.2) is 4.98 Å². The molecule has 136 valence electrons. The lowest BCUT2D eigenvalue weighted by Crippen LogP contribution is -2.23. The van der Waals surface area contributed by atoms with Crippen LogP contribution in [0.1, 0.15) is 38.7 Å². The summed E-state index contributed by atoms with van der Waals surface area (Å²) in [7, 11) is 0. The van der Waals surface area contributed by atoms with Crippen LogP contribution in [0.25, 0.3) is 10.9 Å². The maximum absolute atomic E-state index is 4.84. The maximum Gasteiger partial charge on any atom is 0.129 e. The Labute approximate surface area is 157 Å². The highest BCUT2D eigenvalue weighted by Crippen LogP contribution is 2.26. The van der Waals surface area contributed by atoms with E-state index >= 15 is 0 Å². The first-order valence-electron chi connectivity index (χ1n) is 9.60. The van der Waals surface area contributed by atoms with Gasteiger partial charge in [-0.3, -0.25) is 0 Å². The molecule has 2 aromatic rings. The van der Waals surface area contributed by atoms with Crippen molar-refractivity contribution in [1.29, 1.82) is 0 Å². The Morgan fingerprint density at radius 3 is 2.77 bits per heavy atom. The van der Waals surface area contributed by atoms with Crippen LogP contribution in [0.3, 0.4) is 0 Å². The van der Waals surface area contributed by atoms with Gasteiger partial charge in [0, 0.05) is 29.9 Å². The molecule has 1 aliphatic carbocycles. The summed E-state index contributed by atoms with van der Waals surface area (Å²) in [6, 6.07) is 8.51. The quantitative estimate of drug-likeness (QED) is 0.624. The van der Waals surface area contributed by atoms with Gasteiger partial charge in [0.15, 0.2) is 0 Å². The number of nitrogens with one attached hydrogen (secondary N) is 1. The SMILES string of the molecule is C=C(/C=C/C1=CCCC1)Nc1ccc2nc(N(CC)CC)cc(C)c2c1. The molecule has 1 N–H and O–H groups in total. The molecule has 3 nitrogen and oxygen atoms in total. The first-order chi connectivity index (χ1) is 12.6. The summed E-state index contributed by atoms with van der Waals surface area (Å²) in [5.74, 6) is 1.05. The second-order valence-corrected chi connectivity index (χ2v) is 6.86. The molecule has 0 saturated heterocycles. The molecule has 0 unspecified atom stereocenters. The summed E-state index contributed by atoms with van der Waals surface area (Å²) in [5.41, 5.74) is 5.65. The second kappa shape index (κ2) is 8.22. The van der Waals surface area contributed by atoms with Gasteiger partial charge in [0.2, 0.25) is 0 Å². The molecule has 3 heteroatoms. The summed E-state index contributed by atoms with van der Waals surface area (Å²) in [6.07, 6.45) is 10.2. The molecule has 26 heavy (non-hydrogen) atoms. The van der Waals surface area contributed by atoms with Crippen molar-refractivity contribution in [1.82, 2.24) is 4.98 Å². The fourth-order valence-electron chi connectivity index (χ4n) is 3.45. The van der Waals surface area contributed by atoms with Gasteiger partial charge in [-0.05, 0) is 75.9 Å². The number of hydrogen-bond donors (Lipinski definition) is 1. The van der Waals surface area contributed by atoms with E-state index in [1.807, 2.05) is 0 Å². The zero-order valence-corrected chi connectivity index (χ0v) is 16.2. The number of rotatable bonds is 7. The Balaban J connectivity index is 1.79. The van der Waals surface area contributed by atoms with E-state index in [1.165, 1.54) is 35.8 Å². The zero-order chi connectivity index (χ0) is 18.5. The van der Waals surface area contributed by atoms with E-state index in [4.69, 9.17) is 4.98 Å². The highest BCUT2D eigenvalue weighted by atomic mass is 15.2. The molecule has 3 rings (SSSR count). The number of anilines is 2. The fourth-order valence-corrected chi connectivity index (χ4v) is 3.45. The molecule has 0 spiro atoms. The number of hydrogen-bond acceptors (Lipinski definition) is 3. The largest absolute Gasteiger partial charge is 0.357 e. The van der Waals surface area contributed by atoms with Crippen LogP contribution in [0.15, 0.2) is 60.3 Å². The average Bonchev–Trinajstić information content (AvgIpc) is 3.15. The topological polar surface area (TPSA) is 28.2 Å². The number of allylic oxidation sites excluding steroid dienone is 4. The lowest BCUT2D eigenvalue weighted by molar-refractivity contribution is 0.849. The van der Waals surface area contributed by atoms with Gasteiger partial charge in [-0.1, -0.05) is 24.3 Å². The van der Waals surface area contributed by atoms with Crippen molar-refractivity contribution >= 4 is 22.4 Å². The highest BCUT2D eigenvalue weighted by Gasteiger charge is 2.08. The number of benzene rings is 1. The molecule has 0 fully saturated rings. The summed E-state index contributed by atoms with van der Waals surface area (Å²) >= 11 is 0. The Morgan fingerprint density at radius 1 is 1.27 bits per heavy atom. The van der Waals surface area contributed by atoms with E-state index in [2.05, 4.69) is 80.1 Å². The fraction of sp³-hybridized carbons (Fsp3) is 0.348. The average molecular weight is 348 g/mol. The third kappa shape index (κ3) is 4.16. The predicted molar refractivity (Wildman–Crippen MR) is 114 cm³/mol. The Hall–Kier alpha value is -2.55. The molecule has 1 aliphatic rings. The van der Waals surface area contributed by atoms with Crippen LogP contribution in [-0.2, 0) is 0 Å². The number of nitrogens with zero attached hydrogens (tertiary/aromatic N) is 2. The standard InChI is InChI=1S/C23H29N3/c1-5-26(6-2)23-15-17(3)21-16-20(13-14-22(21)25-23)24-18(4)11-12-19-9-7-8-10-19/h9,11-16,24H,4-8,10H2,1-3H3/b12-11+. The van der Waals surface area contributed by atoms with Gasteiger partial charge in [0.1, 0.15) is 5.82 Å². The smallest absolute Gasteiger partial charge is 0.129 e. The number of fused-ring (bicyclic) bond motifs is 1. The highest BCUT2D eigenvalue weighted by molar-refractivity contribution is 5.87. The molecule has 1 heterocycles. The van der Waals surface area contributed by atoms with Crippen LogP contribution < -0.4 is 10.2 Å². The Kier molecular flexibility index (Phi) is 5.77. The van der Waals surface area contributed by atoms with Crippen LogP contribution in [0.4, 0.5) is 11.5 Å². The molecule has 1 aromatic carbocycles. The number of pyridine rings is 1. The zero-order valence-electron chi connectivity index (χ0n) is 16.2. The van der Waals surface area contributed by atoms with Gasteiger partial charge in [-0.2, -0.15) is 0 Å². The van der Waals surface area contributed by atoms with E-state index in [1.54, 1.807) is 0 Å². The minimum Gasteiger partial charge on any atom is -0.357 e. The van der Waals surface area contributed by atoms with Gasteiger partial charge in [0.25, 0.3) is 0 Å². The second-order valence-electron chi connectivity index (χ2n) is 6.86. The molecule has 0 atom stereocenters. The summed E-state index contributed by atoms with van der Waals surface area (Å²) in [4.78, 5) is 7.12. The first kappa shape index (κ1) is 18.2. The van der Waals surface area contributed by atoms with Crippen LogP contribution in [-0.4, -0.2) is 18.1 Å². The maximum atomic E-state index is 4.84. The van der Waals surface area contributed by atoms with E-state index in [0.717, 1.165) is 35.8 Å². The molecule has 0 aliphatic heterocycles. The van der Waals surface area contributed by atoms with Crippen LogP contribution in [0.5, 0.6) is 0 Å². The predicted octanol–water partition coefficient (Wildman–Crippen LogP) is 5.98. The number of aromatic nitrogens is 1. The summed E-state index contributed by atoms with van der Waals surface area (Å²) in [6.45, 7) is 12.5. The molecular weight excluding hydrogens is 318 g/mol. The summed E-state index contributed by atoms with van der Waals surface area (Å²) in [5, 5.41) is 4.58. The molecular formula is C23H29N3. The van der Waals surface area contributed by atoms with Crippen LogP contribution in [0.2, 0.25) is 0 Å². The van der Waals surface area contributed by atoms with Crippen molar-refractivity contribution in [3.05, 3.63) is 65.9 Å². The van der Waals surface area contributed by atoms with E-state index < -0.39 is 0 Å². The van der Waals surface area contributed by atoms with E-state index in [-0.39, 0.29) is 0 Å². The Bertz CT molecular complexity index is 857. The summed E-state index contributed by atoms with van der Waals surface area (Å²) < 4.78 is 0. The van der Waals surface area contributed by atoms with Gasteiger partial charge in [0.05, 0.1) is 5.52 Å². The van der Waals surface area contributed by atoms with E-state index in [0.29, 0.717) is 0 Å². The van der Waals surface area contributed by atoms with Crippen molar-refractivity contribution in [2.45, 2.75) is 40.0 Å². The molecule has 0 radical (unpaired) electrons. The first-order valence-corrected chi connectivity index (χ1v) is 9.60. The number of aryl methyl sites for hydroxylation is 1. The molecule has 0 saturated carbocycles. The molecule has 0 bridgehead atoms. The monoisotopic (exact) mass is 347 g/mol. The minimum absolute atomic E-state index is 0.905. The van der Waals surface area contributed by atoms with Crippen molar-refractivity contribution in [3.63, 3.8) is 0 Å². The molecule has 1 aromatic heterocycles. The lowest BCUT2D eigenvalue weighted by atomic mass is 10.1. The van der Waals surface area contributed by atoms with Crippen molar-refractivity contribution in [2.24, 2.45) is 0 Å². The van der Waals surface area contributed by atoms with Gasteiger partial charge >= 0.3 is 0 Å². The van der Waals surface area contributed by atoms with Crippen molar-refractivity contribution in [2.75, 3.05) is 23.3 Å². The van der Waals surface area contributed by atoms with Gasteiger partial charge in [-0.15, -0.1) is 0 Å². The van der Waals surface area contributed by atoms with E-state index in [9.17, 15) is 0 Å². The third-order valence-corrected chi connectivity index (χ3v) is 4.97. The lowest BCUT2D eigenvalue weighted by Gasteiger charge is -2.21. The van der Waals surface area contributed by atoms with Crippen molar-refractivity contribution in [3.8, 4) is 0 Å². The van der Waals surface area contributed by atoms with Gasteiger partial charge < -0.3 is 10.2 Å². The molecule has 0 amide bonds. The Morgan fingerprint density at radius 2 is 2.08 bits per heavy atom. The third-order valence-electron chi connectivity index (χ3n) is 4.97. The normalized spacial score (nSPS) is 14.0.